The van der Waals surface area contributed by atoms with Crippen molar-refractivity contribution in [2.24, 2.45) is 7.05 Å². The maximum absolute atomic E-state index is 15.9. The predicted octanol–water partition coefficient (Wildman–Crippen LogP) is 6.44. The van der Waals surface area contributed by atoms with E-state index in [1.54, 1.807) is 12.3 Å². The molecule has 5 aromatic heterocycles. The summed E-state index contributed by atoms with van der Waals surface area (Å²) < 4.78 is 51.5. The monoisotopic (exact) mass is 584 g/mol. The lowest BCUT2D eigenvalue weighted by Gasteiger charge is -2.27. The van der Waals surface area contributed by atoms with Crippen molar-refractivity contribution in [3.63, 3.8) is 0 Å². The number of ether oxygens (including phenoxy) is 2. The smallest absolute Gasteiger partial charge is 0.160 e. The Labute approximate surface area is 246 Å². The maximum atomic E-state index is 15.9. The number of benzene rings is 1. The van der Waals surface area contributed by atoms with Crippen molar-refractivity contribution in [1.82, 2.24) is 29.6 Å². The molecule has 1 N–H and O–H groups in total. The van der Waals surface area contributed by atoms with Gasteiger partial charge in [0.1, 0.15) is 41.1 Å². The molecule has 6 aromatic rings. The minimum atomic E-state index is -0.787. The van der Waals surface area contributed by atoms with E-state index in [-0.39, 0.29) is 36.6 Å². The van der Waals surface area contributed by atoms with Crippen molar-refractivity contribution in [2.75, 3.05) is 26.9 Å². The Kier molecular flexibility index (Phi) is 6.71. The number of rotatable bonds is 7. The fraction of sp³-hybridized carbons (Fsp3) is 0.281. The van der Waals surface area contributed by atoms with Gasteiger partial charge in [0, 0.05) is 67.8 Å². The fourth-order valence-electron chi connectivity index (χ4n) is 5.82. The SMILES string of the molecule is COCCOc1cc(F)cc(F)c1-c1c(-c2cc3n(n2)C(C)CNC3C)nc(-c2cnc3ccn(C)c3c2)c2occc12. The number of halogens is 2. The third kappa shape index (κ3) is 4.56. The average Bonchev–Trinajstić information content (AvgIpc) is 3.74. The Morgan fingerprint density at radius 1 is 1.07 bits per heavy atom. The number of furan rings is 1. The Morgan fingerprint density at radius 2 is 1.93 bits per heavy atom. The molecule has 0 saturated carbocycles. The molecule has 1 aromatic carbocycles. The van der Waals surface area contributed by atoms with Gasteiger partial charge < -0.3 is 23.8 Å². The lowest BCUT2D eigenvalue weighted by atomic mass is 9.95. The Hall–Kier alpha value is -4.61. The first-order chi connectivity index (χ1) is 20.8. The normalized spacial score (nSPS) is 16.7. The molecule has 11 heteroatoms. The molecule has 2 atom stereocenters. The van der Waals surface area contributed by atoms with Crippen LogP contribution in [0.5, 0.6) is 5.75 Å². The van der Waals surface area contributed by atoms with Crippen molar-refractivity contribution >= 4 is 22.0 Å². The topological polar surface area (TPSA) is 92.2 Å². The molecule has 0 aliphatic carbocycles. The van der Waals surface area contributed by atoms with Gasteiger partial charge in [0.25, 0.3) is 0 Å². The van der Waals surface area contributed by atoms with Crippen LogP contribution in [0.3, 0.4) is 0 Å². The van der Waals surface area contributed by atoms with Gasteiger partial charge in [0.2, 0.25) is 0 Å². The van der Waals surface area contributed by atoms with Crippen LogP contribution in [-0.2, 0) is 11.8 Å². The molecule has 0 fully saturated rings. The second kappa shape index (κ2) is 10.6. The van der Waals surface area contributed by atoms with Crippen LogP contribution in [-0.4, -0.2) is 51.2 Å². The fourth-order valence-corrected chi connectivity index (χ4v) is 5.82. The van der Waals surface area contributed by atoms with Crippen molar-refractivity contribution in [2.45, 2.75) is 25.9 Å². The summed E-state index contributed by atoms with van der Waals surface area (Å²) in [6.45, 7) is 5.26. The van der Waals surface area contributed by atoms with Gasteiger partial charge in [-0.25, -0.2) is 13.8 Å². The summed E-state index contributed by atoms with van der Waals surface area (Å²) in [7, 11) is 3.48. The zero-order valence-corrected chi connectivity index (χ0v) is 24.2. The Morgan fingerprint density at radius 3 is 2.74 bits per heavy atom. The van der Waals surface area contributed by atoms with Gasteiger partial charge >= 0.3 is 0 Å². The van der Waals surface area contributed by atoms with Crippen LogP contribution < -0.4 is 10.1 Å². The zero-order valence-electron chi connectivity index (χ0n) is 24.2. The molecule has 220 valence electrons. The Bertz CT molecular complexity index is 1970. The summed E-state index contributed by atoms with van der Waals surface area (Å²) in [6.07, 6.45) is 5.23. The molecule has 43 heavy (non-hydrogen) atoms. The molecule has 0 amide bonds. The van der Waals surface area contributed by atoms with Crippen molar-refractivity contribution in [3.8, 4) is 39.5 Å². The number of nitrogens with one attached hydrogen (secondary N) is 1. The highest BCUT2D eigenvalue weighted by Gasteiger charge is 2.30. The molecule has 0 radical (unpaired) electrons. The number of hydrogen-bond acceptors (Lipinski definition) is 7. The highest BCUT2D eigenvalue weighted by atomic mass is 19.1. The first kappa shape index (κ1) is 27.2. The van der Waals surface area contributed by atoms with E-state index < -0.39 is 11.6 Å². The van der Waals surface area contributed by atoms with Crippen LogP contribution >= 0.6 is 0 Å². The second-order valence-electron chi connectivity index (χ2n) is 10.9. The maximum Gasteiger partial charge on any atom is 0.160 e. The van der Waals surface area contributed by atoms with Crippen LogP contribution in [0.4, 0.5) is 8.78 Å². The summed E-state index contributed by atoms with van der Waals surface area (Å²) in [4.78, 5) is 9.77. The van der Waals surface area contributed by atoms with Gasteiger partial charge in [0.05, 0.1) is 41.2 Å². The summed E-state index contributed by atoms with van der Waals surface area (Å²) >= 11 is 0. The molecule has 1 aliphatic heterocycles. The van der Waals surface area contributed by atoms with Gasteiger partial charge in [0.15, 0.2) is 5.58 Å². The average molecular weight is 585 g/mol. The molecular weight excluding hydrogens is 554 g/mol. The van der Waals surface area contributed by atoms with Crippen molar-refractivity contribution < 1.29 is 22.7 Å². The van der Waals surface area contributed by atoms with E-state index in [0.29, 0.717) is 33.6 Å². The van der Waals surface area contributed by atoms with Gasteiger partial charge in [-0.15, -0.1) is 0 Å². The summed E-state index contributed by atoms with van der Waals surface area (Å²) in [6, 6.07) is 9.85. The number of hydrogen-bond donors (Lipinski definition) is 1. The number of methoxy groups -OCH3 is 1. The van der Waals surface area contributed by atoms with E-state index in [0.717, 1.165) is 34.9 Å². The number of nitrogens with zero attached hydrogens (tertiary/aromatic N) is 5. The van der Waals surface area contributed by atoms with E-state index in [1.807, 2.05) is 40.7 Å². The van der Waals surface area contributed by atoms with Crippen LogP contribution in [0.1, 0.15) is 31.6 Å². The van der Waals surface area contributed by atoms with Gasteiger partial charge in [-0.05, 0) is 38.1 Å². The van der Waals surface area contributed by atoms with Crippen LogP contribution in [0.15, 0.2) is 59.5 Å². The number of aryl methyl sites for hydroxylation is 1. The van der Waals surface area contributed by atoms with Crippen LogP contribution in [0.2, 0.25) is 0 Å². The van der Waals surface area contributed by atoms with Crippen LogP contribution in [0.25, 0.3) is 55.8 Å². The highest BCUT2D eigenvalue weighted by Crippen LogP contribution is 2.46. The molecule has 1 aliphatic rings. The molecule has 6 heterocycles. The molecule has 9 nitrogen and oxygen atoms in total. The molecule has 7 rings (SSSR count). The highest BCUT2D eigenvalue weighted by molar-refractivity contribution is 6.07. The van der Waals surface area contributed by atoms with Crippen LogP contribution in [0, 0.1) is 11.6 Å². The van der Waals surface area contributed by atoms with E-state index in [2.05, 4.69) is 24.1 Å². The predicted molar refractivity (Wildman–Crippen MR) is 159 cm³/mol. The summed E-state index contributed by atoms with van der Waals surface area (Å²) in [5.41, 5.74) is 5.89. The standard InChI is InChI=1S/C32H30F2N6O3/c1-17-15-35-18(2)25-14-24(38-40(17)25)31-28(29-22(34)12-20(33)13-27(29)42-10-9-41-4)21-6-8-43-32(21)30(37-31)19-11-26-23(36-16-19)5-7-39(26)3/h5-8,11-14,16-18,35H,9-10,15H2,1-4H3. The third-order valence-electron chi connectivity index (χ3n) is 8.02. The number of aromatic nitrogens is 5. The van der Waals surface area contributed by atoms with Gasteiger partial charge in [-0.3, -0.25) is 9.67 Å². The molecule has 0 spiro atoms. The van der Waals surface area contributed by atoms with E-state index >= 15 is 4.39 Å². The largest absolute Gasteiger partial charge is 0.490 e. The lowest BCUT2D eigenvalue weighted by Crippen LogP contribution is -2.34. The number of fused-ring (bicyclic) bond motifs is 3. The number of pyridine rings is 2. The molecular formula is C32H30F2N6O3. The Balaban J connectivity index is 1.54. The van der Waals surface area contributed by atoms with Crippen molar-refractivity contribution in [1.29, 1.82) is 0 Å². The zero-order chi connectivity index (χ0) is 29.8. The second-order valence-corrected chi connectivity index (χ2v) is 10.9. The minimum absolute atomic E-state index is 0.0344. The molecule has 0 bridgehead atoms. The van der Waals surface area contributed by atoms with Crippen molar-refractivity contribution in [3.05, 3.63) is 72.4 Å². The van der Waals surface area contributed by atoms with E-state index in [9.17, 15) is 4.39 Å². The lowest BCUT2D eigenvalue weighted by molar-refractivity contribution is 0.146. The molecule has 2 unspecified atom stereocenters. The summed E-state index contributed by atoms with van der Waals surface area (Å²) in [5.74, 6) is -1.51. The first-order valence-corrected chi connectivity index (χ1v) is 14.1. The summed E-state index contributed by atoms with van der Waals surface area (Å²) in [5, 5.41) is 9.06. The van der Waals surface area contributed by atoms with Gasteiger partial charge in [-0.2, -0.15) is 5.10 Å². The van der Waals surface area contributed by atoms with E-state index in [4.69, 9.17) is 24.0 Å². The third-order valence-corrected chi connectivity index (χ3v) is 8.02. The van der Waals surface area contributed by atoms with E-state index in [1.165, 1.54) is 19.4 Å². The first-order valence-electron chi connectivity index (χ1n) is 14.1. The minimum Gasteiger partial charge on any atom is -0.490 e. The quantitative estimate of drug-likeness (QED) is 0.216. The molecule has 0 saturated heterocycles. The van der Waals surface area contributed by atoms with Gasteiger partial charge in [-0.1, -0.05) is 0 Å².